The van der Waals surface area contributed by atoms with Gasteiger partial charge in [-0.2, -0.15) is 5.10 Å². The van der Waals surface area contributed by atoms with Crippen molar-refractivity contribution in [2.45, 2.75) is 32.1 Å². The Bertz CT molecular complexity index is 759. The van der Waals surface area contributed by atoms with E-state index < -0.39 is 0 Å². The number of amides is 2. The Hall–Kier alpha value is -2.95. The van der Waals surface area contributed by atoms with E-state index in [2.05, 4.69) is 15.8 Å². The number of hydrogen-bond donors (Lipinski definition) is 2. The Morgan fingerprint density at radius 3 is 2.08 bits per heavy atom. The van der Waals surface area contributed by atoms with E-state index in [9.17, 15) is 9.59 Å². The zero-order valence-corrected chi connectivity index (χ0v) is 14.0. The van der Waals surface area contributed by atoms with E-state index in [1.807, 2.05) is 18.2 Å². The summed E-state index contributed by atoms with van der Waals surface area (Å²) in [5.74, 6) is -0.416. The van der Waals surface area contributed by atoms with Crippen molar-refractivity contribution in [2.75, 3.05) is 5.32 Å². The van der Waals surface area contributed by atoms with E-state index in [1.54, 1.807) is 36.4 Å². The number of carbonyl (C=O) groups excluding carboxylic acids is 2. The van der Waals surface area contributed by atoms with Gasteiger partial charge in [0.2, 0.25) is 0 Å². The summed E-state index contributed by atoms with van der Waals surface area (Å²) in [6.07, 6.45) is 5.45. The SMILES string of the molecule is O=C(NN=C1CCCCC1)c1ccc(NC(=O)c2ccccc2)cc1. The van der Waals surface area contributed by atoms with Crippen LogP contribution in [0.3, 0.4) is 0 Å². The van der Waals surface area contributed by atoms with E-state index in [0.717, 1.165) is 31.4 Å². The molecule has 0 unspecified atom stereocenters. The summed E-state index contributed by atoms with van der Waals surface area (Å²) in [5, 5.41) is 7.03. The molecule has 0 spiro atoms. The van der Waals surface area contributed by atoms with Crippen LogP contribution in [0.25, 0.3) is 0 Å². The molecular weight excluding hydrogens is 314 g/mol. The number of carbonyl (C=O) groups is 2. The Labute approximate surface area is 147 Å². The van der Waals surface area contributed by atoms with Gasteiger partial charge in [-0.1, -0.05) is 24.6 Å². The summed E-state index contributed by atoms with van der Waals surface area (Å²) in [5.41, 5.74) is 5.42. The first kappa shape index (κ1) is 16.9. The fourth-order valence-corrected chi connectivity index (χ4v) is 2.76. The van der Waals surface area contributed by atoms with Crippen LogP contribution in [0.5, 0.6) is 0 Å². The zero-order chi connectivity index (χ0) is 17.5. The minimum atomic E-state index is -0.237. The van der Waals surface area contributed by atoms with Gasteiger partial charge in [0, 0.05) is 22.5 Å². The van der Waals surface area contributed by atoms with Crippen molar-refractivity contribution in [1.29, 1.82) is 0 Å². The lowest BCUT2D eigenvalue weighted by Gasteiger charge is -2.12. The van der Waals surface area contributed by atoms with Gasteiger partial charge in [0.25, 0.3) is 11.8 Å². The largest absolute Gasteiger partial charge is 0.322 e. The average molecular weight is 335 g/mol. The number of nitrogens with zero attached hydrogens (tertiary/aromatic N) is 1. The van der Waals surface area contributed by atoms with E-state index in [-0.39, 0.29) is 11.8 Å². The Kier molecular flexibility index (Phi) is 5.57. The van der Waals surface area contributed by atoms with Crippen LogP contribution < -0.4 is 10.7 Å². The number of benzene rings is 2. The number of rotatable bonds is 4. The summed E-state index contributed by atoms with van der Waals surface area (Å²) < 4.78 is 0. The summed E-state index contributed by atoms with van der Waals surface area (Å²) >= 11 is 0. The normalized spacial score (nSPS) is 13.8. The van der Waals surface area contributed by atoms with Gasteiger partial charge in [0.1, 0.15) is 0 Å². The van der Waals surface area contributed by atoms with Crippen LogP contribution in [-0.2, 0) is 0 Å². The first-order valence-corrected chi connectivity index (χ1v) is 8.54. The van der Waals surface area contributed by atoms with Crippen molar-refractivity contribution in [2.24, 2.45) is 5.10 Å². The smallest absolute Gasteiger partial charge is 0.271 e. The van der Waals surface area contributed by atoms with Crippen LogP contribution >= 0.6 is 0 Å². The van der Waals surface area contributed by atoms with E-state index in [1.165, 1.54) is 6.42 Å². The molecule has 0 aromatic heterocycles. The highest BCUT2D eigenvalue weighted by atomic mass is 16.2. The summed E-state index contributed by atoms with van der Waals surface area (Å²) in [4.78, 5) is 24.2. The highest BCUT2D eigenvalue weighted by molar-refractivity contribution is 6.04. The highest BCUT2D eigenvalue weighted by Gasteiger charge is 2.10. The van der Waals surface area contributed by atoms with Gasteiger partial charge in [-0.3, -0.25) is 9.59 Å². The van der Waals surface area contributed by atoms with E-state index in [0.29, 0.717) is 16.8 Å². The van der Waals surface area contributed by atoms with Crippen molar-refractivity contribution in [3.63, 3.8) is 0 Å². The van der Waals surface area contributed by atoms with Gasteiger partial charge in [0.05, 0.1) is 0 Å². The maximum Gasteiger partial charge on any atom is 0.271 e. The zero-order valence-electron chi connectivity index (χ0n) is 14.0. The van der Waals surface area contributed by atoms with Gasteiger partial charge >= 0.3 is 0 Å². The molecule has 1 saturated carbocycles. The molecule has 5 heteroatoms. The van der Waals surface area contributed by atoms with Crippen LogP contribution in [-0.4, -0.2) is 17.5 Å². The predicted octanol–water partition coefficient (Wildman–Crippen LogP) is 3.99. The molecule has 2 aromatic carbocycles. The van der Waals surface area contributed by atoms with Gasteiger partial charge in [0.15, 0.2) is 0 Å². The number of nitrogens with one attached hydrogen (secondary N) is 2. The lowest BCUT2D eigenvalue weighted by molar-refractivity contribution is 0.0954. The molecule has 25 heavy (non-hydrogen) atoms. The molecule has 0 heterocycles. The lowest BCUT2D eigenvalue weighted by atomic mass is 9.99. The maximum absolute atomic E-state index is 12.1. The van der Waals surface area contributed by atoms with E-state index >= 15 is 0 Å². The van der Waals surface area contributed by atoms with Crippen LogP contribution in [0.1, 0.15) is 52.8 Å². The third-order valence-electron chi connectivity index (χ3n) is 4.19. The molecule has 0 bridgehead atoms. The molecule has 1 fully saturated rings. The maximum atomic E-state index is 12.1. The number of hydrazone groups is 1. The quantitative estimate of drug-likeness (QED) is 0.829. The standard InChI is InChI=1S/C20H21N3O2/c24-19(15-7-3-1-4-8-15)21-17-13-11-16(12-14-17)20(25)23-22-18-9-5-2-6-10-18/h1,3-4,7-8,11-14H,2,5-6,9-10H2,(H,21,24)(H,23,25). The fraction of sp³-hybridized carbons (Fsp3) is 0.250. The molecular formula is C20H21N3O2. The van der Waals surface area contributed by atoms with Crippen molar-refractivity contribution in [3.05, 3.63) is 65.7 Å². The molecule has 5 nitrogen and oxygen atoms in total. The Morgan fingerprint density at radius 2 is 1.40 bits per heavy atom. The first-order chi connectivity index (χ1) is 12.2. The third-order valence-corrected chi connectivity index (χ3v) is 4.19. The van der Waals surface area contributed by atoms with Crippen LogP contribution in [0.2, 0.25) is 0 Å². The molecule has 0 radical (unpaired) electrons. The van der Waals surface area contributed by atoms with Crippen molar-refractivity contribution >= 4 is 23.2 Å². The van der Waals surface area contributed by atoms with Gasteiger partial charge in [-0.25, -0.2) is 5.43 Å². The average Bonchev–Trinajstić information content (AvgIpc) is 2.68. The predicted molar refractivity (Wildman–Crippen MR) is 98.8 cm³/mol. The Morgan fingerprint density at radius 1 is 0.760 bits per heavy atom. The molecule has 1 aliphatic carbocycles. The first-order valence-electron chi connectivity index (χ1n) is 8.54. The molecule has 128 valence electrons. The van der Waals surface area contributed by atoms with Gasteiger partial charge < -0.3 is 5.32 Å². The van der Waals surface area contributed by atoms with Gasteiger partial charge in [-0.15, -0.1) is 0 Å². The highest BCUT2D eigenvalue weighted by Crippen LogP contribution is 2.15. The monoisotopic (exact) mass is 335 g/mol. The molecule has 2 N–H and O–H groups in total. The fourth-order valence-electron chi connectivity index (χ4n) is 2.76. The number of anilines is 1. The topological polar surface area (TPSA) is 70.6 Å². The lowest BCUT2D eigenvalue weighted by Crippen LogP contribution is -2.20. The van der Waals surface area contributed by atoms with Crippen molar-refractivity contribution in [1.82, 2.24) is 5.43 Å². The van der Waals surface area contributed by atoms with Crippen LogP contribution in [0.15, 0.2) is 59.7 Å². The number of hydrogen-bond acceptors (Lipinski definition) is 3. The second kappa shape index (κ2) is 8.24. The van der Waals surface area contributed by atoms with Gasteiger partial charge in [-0.05, 0) is 62.1 Å². The van der Waals surface area contributed by atoms with Crippen LogP contribution in [0, 0.1) is 0 Å². The molecule has 2 aromatic rings. The minimum absolute atomic E-state index is 0.179. The van der Waals surface area contributed by atoms with Crippen molar-refractivity contribution < 1.29 is 9.59 Å². The summed E-state index contributed by atoms with van der Waals surface area (Å²) in [7, 11) is 0. The summed E-state index contributed by atoms with van der Waals surface area (Å²) in [6, 6.07) is 15.8. The molecule has 0 saturated heterocycles. The second-order valence-electron chi connectivity index (χ2n) is 6.08. The van der Waals surface area contributed by atoms with Crippen molar-refractivity contribution in [3.8, 4) is 0 Å². The molecule has 0 aliphatic heterocycles. The molecule has 2 amide bonds. The Balaban J connectivity index is 1.58. The van der Waals surface area contributed by atoms with Crippen LogP contribution in [0.4, 0.5) is 5.69 Å². The second-order valence-corrected chi connectivity index (χ2v) is 6.08. The minimum Gasteiger partial charge on any atom is -0.322 e. The molecule has 1 aliphatic rings. The molecule has 0 atom stereocenters. The molecule has 3 rings (SSSR count). The third kappa shape index (κ3) is 4.76. The summed E-state index contributed by atoms with van der Waals surface area (Å²) in [6.45, 7) is 0. The van der Waals surface area contributed by atoms with E-state index in [4.69, 9.17) is 0 Å².